The van der Waals surface area contributed by atoms with E-state index in [1.807, 2.05) is 0 Å². The van der Waals surface area contributed by atoms with Crippen molar-refractivity contribution in [1.82, 2.24) is 0 Å². The van der Waals surface area contributed by atoms with Crippen LogP contribution in [0.5, 0.6) is 0 Å². The van der Waals surface area contributed by atoms with E-state index in [0.29, 0.717) is 6.42 Å². The van der Waals surface area contributed by atoms with Crippen molar-refractivity contribution in [3.63, 3.8) is 0 Å². The second-order valence-electron chi connectivity index (χ2n) is 14.7. The van der Waals surface area contributed by atoms with Crippen LogP contribution in [0.3, 0.4) is 0 Å². The second kappa shape index (κ2) is 43.8. The molecule has 0 aromatic rings. The van der Waals surface area contributed by atoms with Crippen LogP contribution in [0, 0.1) is 0 Å². The molecule has 0 saturated carbocycles. The molecule has 0 bridgehead atoms. The number of hydrogen-bond donors (Lipinski definition) is 1. The molecule has 0 radical (unpaired) electrons. The van der Waals surface area contributed by atoms with Gasteiger partial charge in [-0.2, -0.15) is 0 Å². The lowest BCUT2D eigenvalue weighted by atomic mass is 10.0. The van der Waals surface area contributed by atoms with Crippen LogP contribution in [0.4, 0.5) is 0 Å². The van der Waals surface area contributed by atoms with E-state index in [9.17, 15) is 19.0 Å². The van der Waals surface area contributed by atoms with E-state index in [2.05, 4.69) is 98.9 Å². The Hall–Kier alpha value is -2.77. The summed E-state index contributed by atoms with van der Waals surface area (Å²) in [6, 6.07) is 0. The van der Waals surface area contributed by atoms with Gasteiger partial charge in [-0.25, -0.2) is 4.57 Å². The smallest absolute Gasteiger partial charge is 0.462 e. The number of carbonyl (C=O) groups excluding carboxylic acids is 2. The van der Waals surface area contributed by atoms with E-state index in [1.165, 1.54) is 38.5 Å². The van der Waals surface area contributed by atoms with Gasteiger partial charge >= 0.3 is 19.8 Å². The molecule has 2 atom stereocenters. The van der Waals surface area contributed by atoms with Gasteiger partial charge in [-0.05, 0) is 90.4 Å². The Kier molecular flexibility index (Phi) is 41.7. The summed E-state index contributed by atoms with van der Waals surface area (Å²) in [4.78, 5) is 34.8. The van der Waals surface area contributed by atoms with Crippen molar-refractivity contribution < 1.29 is 37.6 Å². The number of esters is 2. The average Bonchev–Trinajstić information content (AvgIpc) is 3.20. The molecule has 0 aliphatic heterocycles. The molecule has 0 heterocycles. The molecule has 0 rings (SSSR count). The number of ether oxygens (including phenoxy) is 2. The Bertz CT molecular complexity index is 1210. The summed E-state index contributed by atoms with van der Waals surface area (Å²) in [5.74, 6) is -0.828. The Morgan fingerprint density at radius 3 is 1.24 bits per heavy atom. The van der Waals surface area contributed by atoms with Crippen molar-refractivity contribution >= 4 is 19.8 Å². The number of allylic oxidation sites excluding steroid dienone is 14. The van der Waals surface area contributed by atoms with Crippen LogP contribution >= 0.6 is 7.82 Å². The lowest BCUT2D eigenvalue weighted by Crippen LogP contribution is -2.29. The number of rotatable bonds is 41. The van der Waals surface area contributed by atoms with E-state index in [4.69, 9.17) is 18.5 Å². The third-order valence-electron chi connectivity index (χ3n) is 9.20. The van der Waals surface area contributed by atoms with Gasteiger partial charge in [-0.1, -0.05) is 170 Å². The fourth-order valence-electron chi connectivity index (χ4n) is 5.93. The molecule has 332 valence electrons. The van der Waals surface area contributed by atoms with E-state index >= 15 is 0 Å². The van der Waals surface area contributed by atoms with Gasteiger partial charge in [0.1, 0.15) is 6.61 Å². The minimum atomic E-state index is -4.29. The molecule has 0 aromatic heterocycles. The summed E-state index contributed by atoms with van der Waals surface area (Å²) < 4.78 is 32.7. The van der Waals surface area contributed by atoms with E-state index in [-0.39, 0.29) is 32.0 Å². The third kappa shape index (κ3) is 42.8. The maximum atomic E-state index is 12.6. The largest absolute Gasteiger partial charge is 0.472 e. The second-order valence-corrected chi connectivity index (χ2v) is 16.1. The van der Waals surface area contributed by atoms with Crippen molar-refractivity contribution in [3.8, 4) is 0 Å². The molecule has 2 unspecified atom stereocenters. The van der Waals surface area contributed by atoms with Gasteiger partial charge in [0.25, 0.3) is 0 Å². The molecule has 0 fully saturated rings. The first kappa shape index (κ1) is 55.2. The van der Waals surface area contributed by atoms with Crippen LogP contribution in [0.15, 0.2) is 85.1 Å². The van der Waals surface area contributed by atoms with E-state index in [1.54, 1.807) is 6.92 Å². The quantitative estimate of drug-likeness (QED) is 0.0281. The Morgan fingerprint density at radius 2 is 0.828 bits per heavy atom. The molecular weight excluding hydrogens is 748 g/mol. The van der Waals surface area contributed by atoms with Gasteiger partial charge in [0.15, 0.2) is 6.10 Å². The predicted octanol–water partition coefficient (Wildman–Crippen LogP) is 14.7. The van der Waals surface area contributed by atoms with Crippen LogP contribution in [-0.2, 0) is 32.7 Å². The summed E-state index contributed by atoms with van der Waals surface area (Å²) in [6.45, 7) is 5.22. The number of carbonyl (C=O) groups is 2. The van der Waals surface area contributed by atoms with Crippen LogP contribution in [0.2, 0.25) is 0 Å². The van der Waals surface area contributed by atoms with Gasteiger partial charge in [0.05, 0.1) is 13.2 Å². The molecule has 0 amide bonds. The Morgan fingerprint density at radius 1 is 0.466 bits per heavy atom. The summed E-state index contributed by atoms with van der Waals surface area (Å²) in [5, 5.41) is 0. The molecular formula is C49H83O8P. The fourth-order valence-corrected chi connectivity index (χ4v) is 6.68. The van der Waals surface area contributed by atoms with Crippen LogP contribution in [-0.4, -0.2) is 42.8 Å². The zero-order chi connectivity index (χ0) is 42.5. The molecule has 8 nitrogen and oxygen atoms in total. The minimum absolute atomic E-state index is 0.00774. The highest BCUT2D eigenvalue weighted by atomic mass is 31.2. The van der Waals surface area contributed by atoms with Gasteiger partial charge in [-0.15, -0.1) is 0 Å². The van der Waals surface area contributed by atoms with Crippen LogP contribution < -0.4 is 0 Å². The third-order valence-corrected chi connectivity index (χ3v) is 10.3. The van der Waals surface area contributed by atoms with Crippen molar-refractivity contribution in [2.75, 3.05) is 19.8 Å². The lowest BCUT2D eigenvalue weighted by Gasteiger charge is -2.19. The summed E-state index contributed by atoms with van der Waals surface area (Å²) >= 11 is 0. The first-order chi connectivity index (χ1) is 28.3. The molecule has 0 spiro atoms. The highest BCUT2D eigenvalue weighted by molar-refractivity contribution is 7.47. The standard InChI is InChI=1S/C49H83O8P/c1-4-7-9-11-13-15-17-19-21-22-23-24-25-26-27-28-30-32-34-36-38-40-42-44-49(51)57-47(46-56-58(52,53)55-6-3)45-54-48(50)43-41-39-37-35-33-31-29-20-18-16-14-12-10-8-5-2/h7-10,13-16,19-21,23-24,29,47H,4-6,11-12,17-18,22,25-28,30-46H2,1-3H3,(H,52,53)/b9-7-,10-8-,15-13-,16-14-,21-19-,24-23-,29-20-. The van der Waals surface area contributed by atoms with E-state index < -0.39 is 26.5 Å². The normalized spacial score (nSPS) is 14.1. The summed E-state index contributed by atoms with van der Waals surface area (Å²) in [6.07, 6.45) is 56.4. The van der Waals surface area contributed by atoms with Crippen molar-refractivity contribution in [2.45, 2.75) is 194 Å². The molecule has 0 aliphatic rings. The number of unbranched alkanes of at least 4 members (excludes halogenated alkanes) is 15. The van der Waals surface area contributed by atoms with Crippen molar-refractivity contribution in [1.29, 1.82) is 0 Å². The Labute approximate surface area is 355 Å². The van der Waals surface area contributed by atoms with Gasteiger partial charge < -0.3 is 14.4 Å². The molecule has 0 aliphatic carbocycles. The number of hydrogen-bond acceptors (Lipinski definition) is 7. The van der Waals surface area contributed by atoms with Gasteiger partial charge in [0, 0.05) is 12.8 Å². The van der Waals surface area contributed by atoms with Gasteiger partial charge in [0.2, 0.25) is 0 Å². The fraction of sp³-hybridized carbons (Fsp3) is 0.673. The first-order valence-corrected chi connectivity index (χ1v) is 24.4. The maximum Gasteiger partial charge on any atom is 0.472 e. The topological polar surface area (TPSA) is 108 Å². The summed E-state index contributed by atoms with van der Waals surface area (Å²) in [5.41, 5.74) is 0. The zero-order valence-corrected chi connectivity index (χ0v) is 37.8. The molecule has 58 heavy (non-hydrogen) atoms. The average molecular weight is 831 g/mol. The predicted molar refractivity (Wildman–Crippen MR) is 244 cm³/mol. The zero-order valence-electron chi connectivity index (χ0n) is 36.9. The minimum Gasteiger partial charge on any atom is -0.462 e. The number of phosphoric ester groups is 1. The monoisotopic (exact) mass is 831 g/mol. The lowest BCUT2D eigenvalue weighted by molar-refractivity contribution is -0.161. The molecule has 0 aromatic carbocycles. The first-order valence-electron chi connectivity index (χ1n) is 22.9. The van der Waals surface area contributed by atoms with Crippen molar-refractivity contribution in [2.24, 2.45) is 0 Å². The Balaban J connectivity index is 4.06. The van der Waals surface area contributed by atoms with Crippen molar-refractivity contribution in [3.05, 3.63) is 85.1 Å². The van der Waals surface area contributed by atoms with Gasteiger partial charge in [-0.3, -0.25) is 18.6 Å². The SMILES string of the molecule is CC/C=C\C/C=C\C/C=C\C/C=C\CCCCCCCCCCCCC(=O)OC(COC(=O)CCCCCCC/C=C\C/C=C\C/C=C\CC)COP(=O)(O)OCC. The summed E-state index contributed by atoms with van der Waals surface area (Å²) in [7, 11) is -4.29. The van der Waals surface area contributed by atoms with Crippen LogP contribution in [0.1, 0.15) is 188 Å². The maximum absolute atomic E-state index is 12.6. The molecule has 0 saturated heterocycles. The van der Waals surface area contributed by atoms with Crippen LogP contribution in [0.25, 0.3) is 0 Å². The highest BCUT2D eigenvalue weighted by Gasteiger charge is 2.25. The molecule has 9 heteroatoms. The highest BCUT2D eigenvalue weighted by Crippen LogP contribution is 2.43. The molecule has 1 N–H and O–H groups in total. The van der Waals surface area contributed by atoms with E-state index in [0.717, 1.165) is 109 Å². The number of phosphoric acid groups is 1.